The lowest BCUT2D eigenvalue weighted by molar-refractivity contribution is 0.0972. The lowest BCUT2D eigenvalue weighted by Gasteiger charge is -2.05. The highest BCUT2D eigenvalue weighted by molar-refractivity contribution is 6.06. The van der Waals surface area contributed by atoms with Gasteiger partial charge in [-0.25, -0.2) is 4.98 Å². The molecule has 3 rings (SSSR count). The number of carbonyl (C=O) groups is 1. The Morgan fingerprint density at radius 3 is 2.79 bits per heavy atom. The maximum absolute atomic E-state index is 12.0. The van der Waals surface area contributed by atoms with Crippen molar-refractivity contribution in [2.75, 3.05) is 12.8 Å². The number of nitrogen functional groups attached to an aromatic ring is 1. The van der Waals surface area contributed by atoms with Crippen LogP contribution >= 0.6 is 0 Å². The molecule has 0 saturated heterocycles. The summed E-state index contributed by atoms with van der Waals surface area (Å²) in [4.78, 5) is 22.7. The first-order chi connectivity index (χ1) is 11.5. The van der Waals surface area contributed by atoms with Crippen LogP contribution in [-0.4, -0.2) is 28.9 Å². The summed E-state index contributed by atoms with van der Waals surface area (Å²) in [5, 5.41) is 3.34. The number of aromatic nitrogens is 2. The Hall–Kier alpha value is -3.55. The van der Waals surface area contributed by atoms with E-state index in [0.717, 1.165) is 10.9 Å². The van der Waals surface area contributed by atoms with Crippen molar-refractivity contribution in [3.63, 3.8) is 0 Å². The fraction of sp³-hybridized carbons (Fsp3) is 0.0625. The highest BCUT2D eigenvalue weighted by Crippen LogP contribution is 2.26. The number of guanidine groups is 1. The number of hydrogen-bond acceptors (Lipinski definition) is 5. The third-order valence-corrected chi connectivity index (χ3v) is 3.31. The van der Waals surface area contributed by atoms with Crippen LogP contribution in [0.5, 0.6) is 11.5 Å². The van der Waals surface area contributed by atoms with Crippen LogP contribution in [0.4, 0.5) is 5.82 Å². The Morgan fingerprint density at radius 2 is 2.04 bits per heavy atom. The Balaban J connectivity index is 1.85. The van der Waals surface area contributed by atoms with Crippen LogP contribution in [0.15, 0.2) is 47.6 Å². The van der Waals surface area contributed by atoms with E-state index in [-0.39, 0.29) is 11.9 Å². The molecular weight excluding hydrogens is 308 g/mol. The zero-order valence-electron chi connectivity index (χ0n) is 12.9. The summed E-state index contributed by atoms with van der Waals surface area (Å²) in [5.74, 6) is 1.26. The first kappa shape index (κ1) is 15.3. The average Bonchev–Trinajstić information content (AvgIpc) is 2.98. The van der Waals surface area contributed by atoms with Gasteiger partial charge >= 0.3 is 0 Å². The van der Waals surface area contributed by atoms with Gasteiger partial charge in [-0.05, 0) is 24.3 Å². The van der Waals surface area contributed by atoms with Crippen molar-refractivity contribution in [2.24, 2.45) is 10.7 Å². The van der Waals surface area contributed by atoms with E-state index in [4.69, 9.17) is 16.2 Å². The van der Waals surface area contributed by atoms with Gasteiger partial charge in [0.1, 0.15) is 23.0 Å². The van der Waals surface area contributed by atoms with Crippen molar-refractivity contribution in [3.05, 3.63) is 48.3 Å². The van der Waals surface area contributed by atoms with Gasteiger partial charge in [0.25, 0.3) is 5.91 Å². The Kier molecular flexibility index (Phi) is 4.02. The molecule has 3 aromatic rings. The van der Waals surface area contributed by atoms with Crippen molar-refractivity contribution in [1.82, 2.24) is 15.3 Å². The highest BCUT2D eigenvalue weighted by atomic mass is 16.5. The Labute approximate surface area is 137 Å². The normalized spacial score (nSPS) is 11.5. The van der Waals surface area contributed by atoms with E-state index < -0.39 is 0 Å². The maximum Gasteiger partial charge on any atom is 0.274 e. The first-order valence-corrected chi connectivity index (χ1v) is 7.11. The van der Waals surface area contributed by atoms with Crippen LogP contribution < -0.4 is 21.5 Å². The molecule has 6 N–H and O–H groups in total. The molecule has 0 spiro atoms. The molecule has 0 aliphatic heterocycles. The lowest BCUT2D eigenvalue weighted by Crippen LogP contribution is -2.36. The Morgan fingerprint density at radius 1 is 1.25 bits per heavy atom. The summed E-state index contributed by atoms with van der Waals surface area (Å²) >= 11 is 0. The molecule has 2 aromatic heterocycles. The molecule has 0 radical (unpaired) electrons. The second-order valence-corrected chi connectivity index (χ2v) is 5.01. The van der Waals surface area contributed by atoms with Crippen molar-refractivity contribution in [2.45, 2.75) is 0 Å². The van der Waals surface area contributed by atoms with Crippen LogP contribution in [0, 0.1) is 0 Å². The topological polar surface area (TPSA) is 131 Å². The van der Waals surface area contributed by atoms with Gasteiger partial charge in [-0.15, -0.1) is 0 Å². The number of anilines is 1. The number of carbonyl (C=O) groups excluding carboxylic acids is 1. The van der Waals surface area contributed by atoms with E-state index in [1.165, 1.54) is 7.05 Å². The average molecular weight is 324 g/mol. The smallest absolute Gasteiger partial charge is 0.274 e. The van der Waals surface area contributed by atoms with Gasteiger partial charge < -0.3 is 21.2 Å². The monoisotopic (exact) mass is 324 g/mol. The minimum Gasteiger partial charge on any atom is -0.457 e. The van der Waals surface area contributed by atoms with Crippen molar-refractivity contribution in [3.8, 4) is 11.5 Å². The molecule has 1 aromatic carbocycles. The van der Waals surface area contributed by atoms with E-state index in [9.17, 15) is 4.79 Å². The summed E-state index contributed by atoms with van der Waals surface area (Å²) in [6, 6.07) is 10.5. The van der Waals surface area contributed by atoms with Crippen molar-refractivity contribution < 1.29 is 9.53 Å². The number of rotatable bonds is 3. The molecule has 0 unspecified atom stereocenters. The standard InChI is InChI=1S/C16H16N6O2/c1-19-16(18)22-15(23)13-6-9-2-3-10(7-12(9)21-13)24-11-4-5-20-14(17)8-11/h2-8,21H,1H3,(H2,17,20)(H3,18,19,22,23). The van der Waals surface area contributed by atoms with Gasteiger partial charge in [-0.3, -0.25) is 15.1 Å². The van der Waals surface area contributed by atoms with Gasteiger partial charge in [0, 0.05) is 36.3 Å². The van der Waals surface area contributed by atoms with E-state index >= 15 is 0 Å². The number of H-pyrrole nitrogens is 1. The number of fused-ring (bicyclic) bond motifs is 1. The fourth-order valence-corrected chi connectivity index (χ4v) is 2.16. The maximum atomic E-state index is 12.0. The fourth-order valence-electron chi connectivity index (χ4n) is 2.16. The number of hydrogen-bond donors (Lipinski definition) is 4. The second-order valence-electron chi connectivity index (χ2n) is 5.01. The molecule has 0 aliphatic rings. The zero-order valence-corrected chi connectivity index (χ0v) is 12.9. The van der Waals surface area contributed by atoms with Gasteiger partial charge in [0.05, 0.1) is 0 Å². The van der Waals surface area contributed by atoms with Gasteiger partial charge in [0.2, 0.25) is 0 Å². The number of nitrogens with one attached hydrogen (secondary N) is 2. The second kappa shape index (κ2) is 6.29. The SMILES string of the molecule is CN=C(N)NC(=O)c1cc2ccc(Oc3ccnc(N)c3)cc2[nH]1. The molecule has 0 aliphatic carbocycles. The third-order valence-electron chi connectivity index (χ3n) is 3.31. The summed E-state index contributed by atoms with van der Waals surface area (Å²) in [7, 11) is 1.50. The van der Waals surface area contributed by atoms with E-state index in [2.05, 4.69) is 20.3 Å². The highest BCUT2D eigenvalue weighted by Gasteiger charge is 2.11. The number of aromatic amines is 1. The summed E-state index contributed by atoms with van der Waals surface area (Å²) in [6.45, 7) is 0. The minimum atomic E-state index is -0.362. The molecule has 24 heavy (non-hydrogen) atoms. The van der Waals surface area contributed by atoms with E-state index in [0.29, 0.717) is 23.0 Å². The van der Waals surface area contributed by atoms with Crippen LogP contribution in [0.25, 0.3) is 10.9 Å². The molecule has 1 amide bonds. The minimum absolute atomic E-state index is 0.0537. The molecule has 0 saturated carbocycles. The van der Waals surface area contributed by atoms with Crippen molar-refractivity contribution >= 4 is 28.6 Å². The molecule has 8 nitrogen and oxygen atoms in total. The number of ether oxygens (including phenoxy) is 1. The van der Waals surface area contributed by atoms with Crippen molar-refractivity contribution in [1.29, 1.82) is 0 Å². The van der Waals surface area contributed by atoms with Crippen LogP contribution in [0.3, 0.4) is 0 Å². The summed E-state index contributed by atoms with van der Waals surface area (Å²) in [5.41, 5.74) is 12.3. The molecule has 2 heterocycles. The molecule has 0 atom stereocenters. The van der Waals surface area contributed by atoms with Crippen LogP contribution in [0.2, 0.25) is 0 Å². The number of aliphatic imine (C=N–C) groups is 1. The van der Waals surface area contributed by atoms with Gasteiger partial charge in [0.15, 0.2) is 5.96 Å². The molecule has 8 heteroatoms. The molecule has 122 valence electrons. The number of benzene rings is 1. The quantitative estimate of drug-likeness (QED) is 0.429. The first-order valence-electron chi connectivity index (χ1n) is 7.11. The number of nitrogens with zero attached hydrogens (tertiary/aromatic N) is 2. The zero-order chi connectivity index (χ0) is 17.1. The van der Waals surface area contributed by atoms with Gasteiger partial charge in [-0.2, -0.15) is 0 Å². The van der Waals surface area contributed by atoms with Crippen LogP contribution in [-0.2, 0) is 0 Å². The predicted octanol–water partition coefficient (Wildman–Crippen LogP) is 1.61. The third kappa shape index (κ3) is 3.27. The summed E-state index contributed by atoms with van der Waals surface area (Å²) in [6.07, 6.45) is 1.57. The molecular formula is C16H16N6O2. The van der Waals surface area contributed by atoms with Gasteiger partial charge in [-0.1, -0.05) is 0 Å². The summed E-state index contributed by atoms with van der Waals surface area (Å²) < 4.78 is 5.74. The largest absolute Gasteiger partial charge is 0.457 e. The predicted molar refractivity (Wildman–Crippen MR) is 92.0 cm³/mol. The van der Waals surface area contributed by atoms with E-state index in [1.54, 1.807) is 36.5 Å². The lowest BCUT2D eigenvalue weighted by atomic mass is 10.2. The van der Waals surface area contributed by atoms with E-state index in [1.807, 2.05) is 6.07 Å². The van der Waals surface area contributed by atoms with Crippen LogP contribution in [0.1, 0.15) is 10.5 Å². The number of amides is 1. The Bertz CT molecular complexity index is 931. The number of pyridine rings is 1. The molecule has 0 fully saturated rings. The number of nitrogens with two attached hydrogens (primary N) is 2. The molecule has 0 bridgehead atoms.